The number of nitrogens with zero attached hydrogens (tertiary/aromatic N) is 1. The van der Waals surface area contributed by atoms with E-state index in [9.17, 15) is 14.4 Å². The molecular formula is C12H9ClN2O5. The van der Waals surface area contributed by atoms with E-state index in [1.165, 1.54) is 25.3 Å². The number of rotatable bonds is 3. The summed E-state index contributed by atoms with van der Waals surface area (Å²) < 4.78 is 5.65. The van der Waals surface area contributed by atoms with Crippen LogP contribution in [0.5, 0.6) is 5.75 Å². The first-order valence-corrected chi connectivity index (χ1v) is 5.75. The first kappa shape index (κ1) is 13.9. The number of nitrogens with one attached hydrogen (secondary N) is 1. The van der Waals surface area contributed by atoms with Crippen molar-refractivity contribution in [3.63, 3.8) is 0 Å². The molecule has 1 aromatic heterocycles. The van der Waals surface area contributed by atoms with Crippen molar-refractivity contribution in [2.45, 2.75) is 0 Å². The molecule has 2 N–H and O–H groups in total. The van der Waals surface area contributed by atoms with Gasteiger partial charge in [-0.1, -0.05) is 11.6 Å². The summed E-state index contributed by atoms with van der Waals surface area (Å²) in [4.78, 5) is 36.8. The van der Waals surface area contributed by atoms with Crippen molar-refractivity contribution >= 4 is 17.6 Å². The topological polar surface area (TPSA) is 101 Å². The molecule has 8 heteroatoms. The molecule has 0 bridgehead atoms. The van der Waals surface area contributed by atoms with Crippen LogP contribution in [-0.2, 0) is 0 Å². The number of methoxy groups -OCH3 is 1. The number of ether oxygens (including phenoxy) is 1. The molecule has 0 atom stereocenters. The molecule has 0 aliphatic carbocycles. The van der Waals surface area contributed by atoms with Crippen LogP contribution in [-0.4, -0.2) is 27.7 Å². The molecular weight excluding hydrogens is 288 g/mol. The maximum Gasteiger partial charge on any atom is 0.342 e. The Kier molecular flexibility index (Phi) is 3.62. The number of hydrogen-bond acceptors (Lipinski definition) is 4. The van der Waals surface area contributed by atoms with Crippen LogP contribution in [0, 0.1) is 0 Å². The lowest BCUT2D eigenvalue weighted by Crippen LogP contribution is -2.36. The number of H-pyrrole nitrogens is 1. The highest BCUT2D eigenvalue weighted by molar-refractivity contribution is 6.32. The van der Waals surface area contributed by atoms with Gasteiger partial charge in [0.2, 0.25) is 0 Å². The highest BCUT2D eigenvalue weighted by Gasteiger charge is 2.15. The summed E-state index contributed by atoms with van der Waals surface area (Å²) in [6.07, 6.45) is 0.856. The summed E-state index contributed by atoms with van der Waals surface area (Å²) in [5.74, 6) is -1.06. The van der Waals surface area contributed by atoms with Gasteiger partial charge in [-0.25, -0.2) is 14.2 Å². The van der Waals surface area contributed by atoms with Gasteiger partial charge in [-0.05, 0) is 18.2 Å². The fraction of sp³-hybridized carbons (Fsp3) is 0.0833. The molecule has 104 valence electrons. The minimum atomic E-state index is -1.43. The van der Waals surface area contributed by atoms with Gasteiger partial charge in [0.1, 0.15) is 11.3 Å². The van der Waals surface area contributed by atoms with Crippen molar-refractivity contribution in [3.05, 3.63) is 55.8 Å². The Morgan fingerprint density at radius 1 is 1.40 bits per heavy atom. The molecule has 0 radical (unpaired) electrons. The van der Waals surface area contributed by atoms with E-state index in [1.54, 1.807) is 0 Å². The number of halogens is 1. The zero-order valence-electron chi connectivity index (χ0n) is 10.2. The van der Waals surface area contributed by atoms with Crippen LogP contribution >= 0.6 is 11.6 Å². The molecule has 0 saturated heterocycles. The quantitative estimate of drug-likeness (QED) is 0.875. The molecule has 2 aromatic rings. The zero-order chi connectivity index (χ0) is 14.9. The van der Waals surface area contributed by atoms with Crippen LogP contribution in [0.25, 0.3) is 5.69 Å². The lowest BCUT2D eigenvalue weighted by molar-refractivity contribution is 0.0694. The van der Waals surface area contributed by atoms with Gasteiger partial charge in [0, 0.05) is 6.20 Å². The molecule has 0 saturated carbocycles. The predicted octanol–water partition coefficient (Wildman–Crippen LogP) is 0.886. The molecule has 0 unspecified atom stereocenters. The first-order chi connectivity index (χ1) is 9.45. The Hall–Kier alpha value is -2.54. The van der Waals surface area contributed by atoms with E-state index in [-0.39, 0.29) is 10.7 Å². The number of aromatic amines is 1. The van der Waals surface area contributed by atoms with E-state index >= 15 is 0 Å². The van der Waals surface area contributed by atoms with E-state index in [1.807, 2.05) is 0 Å². The van der Waals surface area contributed by atoms with Gasteiger partial charge in [-0.15, -0.1) is 0 Å². The maximum atomic E-state index is 12.0. The van der Waals surface area contributed by atoms with E-state index in [2.05, 4.69) is 4.98 Å². The van der Waals surface area contributed by atoms with Crippen LogP contribution in [0.4, 0.5) is 0 Å². The third-order valence-corrected chi connectivity index (χ3v) is 2.90. The number of benzene rings is 1. The fourth-order valence-electron chi connectivity index (χ4n) is 1.65. The Balaban J connectivity index is 2.73. The highest BCUT2D eigenvalue weighted by Crippen LogP contribution is 2.25. The monoisotopic (exact) mass is 296 g/mol. The van der Waals surface area contributed by atoms with Crippen LogP contribution in [0.3, 0.4) is 0 Å². The highest BCUT2D eigenvalue weighted by atomic mass is 35.5. The molecule has 0 fully saturated rings. The number of hydrogen-bond donors (Lipinski definition) is 2. The minimum absolute atomic E-state index is 0.144. The molecule has 0 spiro atoms. The van der Waals surface area contributed by atoms with Crippen molar-refractivity contribution in [1.29, 1.82) is 0 Å². The van der Waals surface area contributed by atoms with Gasteiger partial charge in [-0.3, -0.25) is 4.79 Å². The van der Waals surface area contributed by atoms with Crippen LogP contribution in [0.2, 0.25) is 5.02 Å². The molecule has 0 aliphatic heterocycles. The van der Waals surface area contributed by atoms with Crippen molar-refractivity contribution in [2.75, 3.05) is 7.11 Å². The second-order valence-electron chi connectivity index (χ2n) is 3.77. The van der Waals surface area contributed by atoms with E-state index in [0.717, 1.165) is 6.20 Å². The van der Waals surface area contributed by atoms with E-state index < -0.39 is 22.8 Å². The minimum Gasteiger partial charge on any atom is -0.495 e. The number of carboxylic acid groups (broad SMARTS) is 1. The Morgan fingerprint density at radius 3 is 2.65 bits per heavy atom. The van der Waals surface area contributed by atoms with Crippen molar-refractivity contribution in [3.8, 4) is 11.4 Å². The fourth-order valence-corrected chi connectivity index (χ4v) is 1.91. The molecule has 1 heterocycles. The normalized spacial score (nSPS) is 10.3. The van der Waals surface area contributed by atoms with Crippen LogP contribution < -0.4 is 16.0 Å². The van der Waals surface area contributed by atoms with Crippen molar-refractivity contribution < 1.29 is 14.6 Å². The standard InChI is InChI=1S/C12H9ClN2O5/c1-20-9-3-2-6(4-8(9)13)15-10(16)7(11(17)18)5-14-12(15)19/h2-5H,1H3,(H,14,19)(H,17,18). The smallest absolute Gasteiger partial charge is 0.342 e. The predicted molar refractivity (Wildman–Crippen MR) is 71.2 cm³/mol. The lowest BCUT2D eigenvalue weighted by Gasteiger charge is -2.08. The summed E-state index contributed by atoms with van der Waals surface area (Å²) in [5.41, 5.74) is -2.11. The molecule has 1 aromatic carbocycles. The molecule has 0 aliphatic rings. The second-order valence-corrected chi connectivity index (χ2v) is 4.18. The van der Waals surface area contributed by atoms with Crippen molar-refractivity contribution in [2.24, 2.45) is 0 Å². The van der Waals surface area contributed by atoms with Gasteiger partial charge in [0.05, 0.1) is 17.8 Å². The van der Waals surface area contributed by atoms with Gasteiger partial charge in [0.15, 0.2) is 0 Å². The summed E-state index contributed by atoms with van der Waals surface area (Å²) >= 11 is 5.92. The number of aromatic carboxylic acids is 1. The molecule has 7 nitrogen and oxygen atoms in total. The van der Waals surface area contributed by atoms with Crippen LogP contribution in [0.1, 0.15) is 10.4 Å². The van der Waals surface area contributed by atoms with Crippen LogP contribution in [0.15, 0.2) is 34.0 Å². The SMILES string of the molecule is COc1ccc(-n2c(=O)[nH]cc(C(=O)O)c2=O)cc1Cl. The lowest BCUT2D eigenvalue weighted by atomic mass is 10.2. The van der Waals surface area contributed by atoms with Gasteiger partial charge in [-0.2, -0.15) is 0 Å². The average molecular weight is 297 g/mol. The van der Waals surface area contributed by atoms with Gasteiger partial charge in [0.25, 0.3) is 5.56 Å². The van der Waals surface area contributed by atoms with Gasteiger partial charge >= 0.3 is 11.7 Å². The Bertz CT molecular complexity index is 793. The first-order valence-electron chi connectivity index (χ1n) is 5.37. The summed E-state index contributed by atoms with van der Waals surface area (Å²) in [6.45, 7) is 0. The van der Waals surface area contributed by atoms with Gasteiger partial charge < -0.3 is 14.8 Å². The number of aromatic nitrogens is 2. The third kappa shape index (κ3) is 2.30. The maximum absolute atomic E-state index is 12.0. The van der Waals surface area contributed by atoms with E-state index in [0.29, 0.717) is 10.3 Å². The number of carbonyl (C=O) groups is 1. The molecule has 2 rings (SSSR count). The summed E-state index contributed by atoms with van der Waals surface area (Å²) in [7, 11) is 1.42. The summed E-state index contributed by atoms with van der Waals surface area (Å²) in [5, 5.41) is 9.07. The Morgan fingerprint density at radius 2 is 2.10 bits per heavy atom. The molecule has 0 amide bonds. The summed E-state index contributed by atoms with van der Waals surface area (Å²) in [6, 6.07) is 4.23. The molecule has 20 heavy (non-hydrogen) atoms. The zero-order valence-corrected chi connectivity index (χ0v) is 11.0. The number of carboxylic acids is 1. The largest absolute Gasteiger partial charge is 0.495 e. The third-order valence-electron chi connectivity index (χ3n) is 2.60. The second kappa shape index (κ2) is 5.22. The van der Waals surface area contributed by atoms with E-state index in [4.69, 9.17) is 21.4 Å². The van der Waals surface area contributed by atoms with Crippen molar-refractivity contribution in [1.82, 2.24) is 9.55 Å². The average Bonchev–Trinajstić information content (AvgIpc) is 2.38. The Labute approximate surface area is 117 Å².